The number of hydrogen-bond donors (Lipinski definition) is 7. The molecule has 0 heterocycles. The highest BCUT2D eigenvalue weighted by Crippen LogP contribution is 2.22. The molecule has 15 nitrogen and oxygen atoms in total. The minimum Gasteiger partial charge on any atom is -0.480 e. The Morgan fingerprint density at radius 3 is 2.00 bits per heavy atom. The molecule has 0 saturated heterocycles. The van der Waals surface area contributed by atoms with Crippen LogP contribution >= 0.6 is 11.8 Å². The third-order valence-electron chi connectivity index (χ3n) is 5.30. The van der Waals surface area contributed by atoms with Crippen LogP contribution in [0.4, 0.5) is 0 Å². The van der Waals surface area contributed by atoms with Crippen molar-refractivity contribution in [1.29, 1.82) is 0 Å². The van der Waals surface area contributed by atoms with Gasteiger partial charge in [-0.05, 0) is 12.8 Å². The predicted molar refractivity (Wildman–Crippen MR) is 138 cm³/mol. The SMILES string of the molecule is CC(C)(COC(=O)CC[C@H](N)C(=O)O)[C@@H](O)C(=O)NCCC(=O)NCCSC(=O)CC(=O)CC[C@H](N)C(=O)O. The third kappa shape index (κ3) is 16.5. The first-order valence-corrected chi connectivity index (χ1v) is 13.1. The first-order valence-electron chi connectivity index (χ1n) is 12.1. The van der Waals surface area contributed by atoms with E-state index in [0.717, 1.165) is 11.8 Å². The molecule has 9 N–H and O–H groups in total. The van der Waals surface area contributed by atoms with Crippen LogP contribution in [0.15, 0.2) is 0 Å². The van der Waals surface area contributed by atoms with Gasteiger partial charge < -0.3 is 42.2 Å². The second kappa shape index (κ2) is 18.3. The van der Waals surface area contributed by atoms with Crippen molar-refractivity contribution in [3.05, 3.63) is 0 Å². The number of rotatable bonds is 20. The summed E-state index contributed by atoms with van der Waals surface area (Å²) >= 11 is 0.842. The Bertz CT molecular complexity index is 897. The van der Waals surface area contributed by atoms with Gasteiger partial charge in [-0.25, -0.2) is 0 Å². The van der Waals surface area contributed by atoms with E-state index in [2.05, 4.69) is 10.6 Å². The van der Waals surface area contributed by atoms with Gasteiger partial charge in [-0.15, -0.1) is 0 Å². The number of carbonyl (C=O) groups excluding carboxylic acids is 5. The molecule has 0 unspecified atom stereocenters. The predicted octanol–water partition coefficient (Wildman–Crippen LogP) is -1.86. The van der Waals surface area contributed by atoms with E-state index in [0.29, 0.717) is 0 Å². The van der Waals surface area contributed by atoms with E-state index in [1.54, 1.807) is 0 Å². The summed E-state index contributed by atoms with van der Waals surface area (Å²) in [7, 11) is 0. The zero-order chi connectivity index (χ0) is 30.2. The number of carboxylic acid groups (broad SMARTS) is 2. The molecule has 0 radical (unpaired) electrons. The van der Waals surface area contributed by atoms with Crippen molar-refractivity contribution in [1.82, 2.24) is 10.6 Å². The van der Waals surface area contributed by atoms with Gasteiger partial charge >= 0.3 is 17.9 Å². The average Bonchev–Trinajstić information content (AvgIpc) is 2.86. The van der Waals surface area contributed by atoms with E-state index in [1.807, 2.05) is 0 Å². The molecule has 16 heteroatoms. The van der Waals surface area contributed by atoms with Crippen molar-refractivity contribution in [2.45, 2.75) is 70.6 Å². The Kier molecular flexibility index (Phi) is 16.8. The lowest BCUT2D eigenvalue weighted by atomic mass is 9.87. The van der Waals surface area contributed by atoms with Crippen molar-refractivity contribution >= 4 is 52.4 Å². The molecule has 0 bridgehead atoms. The van der Waals surface area contributed by atoms with Crippen LogP contribution < -0.4 is 22.1 Å². The van der Waals surface area contributed by atoms with Gasteiger partial charge in [0.15, 0.2) is 5.12 Å². The molecule has 0 aliphatic carbocycles. The van der Waals surface area contributed by atoms with E-state index in [-0.39, 0.29) is 64.0 Å². The highest BCUT2D eigenvalue weighted by atomic mass is 32.2. The van der Waals surface area contributed by atoms with Crippen LogP contribution in [-0.4, -0.2) is 99.6 Å². The number of aliphatic carboxylic acids is 2. The van der Waals surface area contributed by atoms with Gasteiger partial charge in [-0.2, -0.15) is 0 Å². The van der Waals surface area contributed by atoms with Crippen LogP contribution in [0.3, 0.4) is 0 Å². The summed E-state index contributed by atoms with van der Waals surface area (Å²) < 4.78 is 5.01. The Morgan fingerprint density at radius 2 is 1.44 bits per heavy atom. The molecular formula is C23H38N4O11S. The fraction of sp³-hybridized carbons (Fsp3) is 0.696. The van der Waals surface area contributed by atoms with Gasteiger partial charge in [0.05, 0.1) is 13.0 Å². The maximum atomic E-state index is 12.2. The second-order valence-corrected chi connectivity index (χ2v) is 10.5. The van der Waals surface area contributed by atoms with Crippen LogP contribution in [-0.2, 0) is 38.3 Å². The van der Waals surface area contributed by atoms with Crippen molar-refractivity contribution in [3.8, 4) is 0 Å². The lowest BCUT2D eigenvalue weighted by Gasteiger charge is -2.29. The summed E-state index contributed by atoms with van der Waals surface area (Å²) in [6.07, 6.45) is -2.60. The summed E-state index contributed by atoms with van der Waals surface area (Å²) in [5, 5.41) is 32.2. The third-order valence-corrected chi connectivity index (χ3v) is 6.18. The number of carbonyl (C=O) groups is 7. The Hall–Kier alpha value is -3.08. The molecule has 0 aliphatic rings. The van der Waals surface area contributed by atoms with Gasteiger partial charge in [0.1, 0.15) is 24.0 Å². The first-order chi connectivity index (χ1) is 18.1. The largest absolute Gasteiger partial charge is 0.480 e. The first kappa shape index (κ1) is 35.9. The van der Waals surface area contributed by atoms with Gasteiger partial charge in [0.2, 0.25) is 11.8 Å². The molecule has 39 heavy (non-hydrogen) atoms. The van der Waals surface area contributed by atoms with Crippen LogP contribution in [0.25, 0.3) is 0 Å². The number of aliphatic hydroxyl groups excluding tert-OH is 1. The van der Waals surface area contributed by atoms with Gasteiger partial charge in [-0.1, -0.05) is 25.6 Å². The number of esters is 1. The number of Topliss-reactive ketones (excluding diaryl/α,β-unsaturated/α-hetero) is 1. The lowest BCUT2D eigenvalue weighted by molar-refractivity contribution is -0.153. The fourth-order valence-electron chi connectivity index (χ4n) is 2.75. The standard InChI is InChI=1S/C23H38N4O11S/c1-23(2,12-38-17(30)6-5-15(25)22(36)37)19(32)20(33)27-8-7-16(29)26-9-10-39-18(31)11-13(28)3-4-14(24)21(34)35/h14-15,19,32H,3-12,24-25H2,1-2H3,(H,26,29)(H,27,33)(H,34,35)(H,36,37)/t14-,15-,19-/m0/s1. The van der Waals surface area contributed by atoms with E-state index < -0.39 is 64.2 Å². The zero-order valence-electron chi connectivity index (χ0n) is 22.0. The summed E-state index contributed by atoms with van der Waals surface area (Å²) in [6.45, 7) is 2.68. The number of amides is 2. The minimum absolute atomic E-state index is 0.0630. The number of hydrogen-bond acceptors (Lipinski definition) is 12. The Balaban J connectivity index is 4.16. The molecule has 0 aromatic rings. The summed E-state index contributed by atoms with van der Waals surface area (Å²) in [4.78, 5) is 80.7. The second-order valence-electron chi connectivity index (χ2n) is 9.35. The Morgan fingerprint density at radius 1 is 0.872 bits per heavy atom. The van der Waals surface area contributed by atoms with Gasteiger partial charge in [-0.3, -0.25) is 33.6 Å². The molecule has 3 atom stereocenters. The van der Waals surface area contributed by atoms with E-state index in [4.69, 9.17) is 26.4 Å². The molecule has 0 spiro atoms. The van der Waals surface area contributed by atoms with E-state index in [1.165, 1.54) is 13.8 Å². The van der Waals surface area contributed by atoms with Crippen LogP contribution in [0.2, 0.25) is 0 Å². The molecule has 0 aromatic carbocycles. The number of nitrogens with two attached hydrogens (primary N) is 2. The van der Waals surface area contributed by atoms with Crippen LogP contribution in [0.5, 0.6) is 0 Å². The van der Waals surface area contributed by atoms with Crippen LogP contribution in [0, 0.1) is 5.41 Å². The molecule has 0 saturated carbocycles. The quantitative estimate of drug-likeness (QED) is 0.0474. The molecule has 0 aromatic heterocycles. The van der Waals surface area contributed by atoms with E-state index in [9.17, 15) is 38.7 Å². The monoisotopic (exact) mass is 578 g/mol. The van der Waals surface area contributed by atoms with Crippen molar-refractivity contribution in [2.75, 3.05) is 25.4 Å². The fourth-order valence-corrected chi connectivity index (χ4v) is 3.44. The number of carboxylic acids is 2. The van der Waals surface area contributed by atoms with Crippen molar-refractivity contribution < 1.29 is 53.6 Å². The van der Waals surface area contributed by atoms with Crippen molar-refractivity contribution in [3.63, 3.8) is 0 Å². The topological polar surface area (TPSA) is 266 Å². The van der Waals surface area contributed by atoms with E-state index >= 15 is 0 Å². The number of ether oxygens (including phenoxy) is 1. The maximum absolute atomic E-state index is 12.2. The molecule has 0 aliphatic heterocycles. The smallest absolute Gasteiger partial charge is 0.320 e. The average molecular weight is 579 g/mol. The molecule has 0 rings (SSSR count). The normalized spacial score (nSPS) is 13.5. The number of aliphatic hydroxyl groups is 1. The number of ketones is 1. The lowest BCUT2D eigenvalue weighted by Crippen LogP contribution is -2.47. The summed E-state index contributed by atoms with van der Waals surface area (Å²) in [6, 6.07) is -2.38. The highest BCUT2D eigenvalue weighted by molar-refractivity contribution is 8.13. The summed E-state index contributed by atoms with van der Waals surface area (Å²) in [5.41, 5.74) is 9.44. The molecule has 222 valence electrons. The number of nitrogens with one attached hydrogen (secondary N) is 2. The number of thioether (sulfide) groups is 1. The molecule has 0 fully saturated rings. The van der Waals surface area contributed by atoms with Gasteiger partial charge in [0.25, 0.3) is 0 Å². The highest BCUT2D eigenvalue weighted by Gasteiger charge is 2.35. The van der Waals surface area contributed by atoms with Crippen LogP contribution in [0.1, 0.15) is 52.4 Å². The van der Waals surface area contributed by atoms with Crippen molar-refractivity contribution in [2.24, 2.45) is 16.9 Å². The Labute approximate surface area is 229 Å². The molecule has 2 amide bonds. The summed E-state index contributed by atoms with van der Waals surface area (Å²) in [5.74, 6) is -4.64. The van der Waals surface area contributed by atoms with Gasteiger partial charge in [0, 0.05) is 43.5 Å². The zero-order valence-corrected chi connectivity index (χ0v) is 22.8. The minimum atomic E-state index is -1.57. The maximum Gasteiger partial charge on any atom is 0.320 e. The molecular weight excluding hydrogens is 540 g/mol.